The predicted octanol–water partition coefficient (Wildman–Crippen LogP) is 2.80. The van der Waals surface area contributed by atoms with Crippen LogP contribution in [0.3, 0.4) is 0 Å². The molecule has 2 unspecified atom stereocenters. The second-order valence-corrected chi connectivity index (χ2v) is 7.42. The SMILES string of the molecule is CCNC(c1ccccc1)C(C)CCS(=O)(=O)CC. The van der Waals surface area contributed by atoms with Gasteiger partial charge in [0.2, 0.25) is 0 Å². The standard InChI is InChI=1S/C15H25NO2S/c1-4-16-15(14-9-7-6-8-10-14)13(3)11-12-19(17,18)5-2/h6-10,13,15-16H,4-5,11-12H2,1-3H3. The minimum absolute atomic E-state index is 0.221. The fourth-order valence-electron chi connectivity index (χ4n) is 2.20. The quantitative estimate of drug-likeness (QED) is 0.798. The molecule has 1 aromatic carbocycles. The lowest BCUT2D eigenvalue weighted by atomic mass is 9.92. The molecule has 0 aromatic heterocycles. The number of rotatable bonds is 8. The lowest BCUT2D eigenvalue weighted by molar-refractivity contribution is 0.384. The van der Waals surface area contributed by atoms with Crippen molar-refractivity contribution < 1.29 is 8.42 Å². The van der Waals surface area contributed by atoms with Crippen LogP contribution in [0.1, 0.15) is 38.8 Å². The largest absolute Gasteiger partial charge is 0.310 e. The van der Waals surface area contributed by atoms with E-state index in [9.17, 15) is 8.42 Å². The minimum atomic E-state index is -2.87. The summed E-state index contributed by atoms with van der Waals surface area (Å²) in [6.07, 6.45) is 0.697. The molecule has 0 aliphatic carbocycles. The number of benzene rings is 1. The summed E-state index contributed by atoms with van der Waals surface area (Å²) in [5.74, 6) is 0.805. The minimum Gasteiger partial charge on any atom is -0.310 e. The smallest absolute Gasteiger partial charge is 0.150 e. The summed E-state index contributed by atoms with van der Waals surface area (Å²) >= 11 is 0. The van der Waals surface area contributed by atoms with E-state index in [2.05, 4.69) is 31.3 Å². The maximum absolute atomic E-state index is 11.6. The summed E-state index contributed by atoms with van der Waals surface area (Å²) < 4.78 is 23.2. The summed E-state index contributed by atoms with van der Waals surface area (Å²) in [7, 11) is -2.87. The van der Waals surface area contributed by atoms with Crippen molar-refractivity contribution in [3.05, 3.63) is 35.9 Å². The second-order valence-electron chi connectivity index (χ2n) is 4.95. The topological polar surface area (TPSA) is 46.2 Å². The Morgan fingerprint density at radius 2 is 1.79 bits per heavy atom. The second kappa shape index (κ2) is 7.65. The molecule has 108 valence electrons. The third-order valence-corrected chi connectivity index (χ3v) is 5.21. The van der Waals surface area contributed by atoms with Crippen LogP contribution in [0, 0.1) is 5.92 Å². The summed E-state index contributed by atoms with van der Waals surface area (Å²) in [6, 6.07) is 10.5. The van der Waals surface area contributed by atoms with E-state index in [1.807, 2.05) is 18.2 Å². The van der Waals surface area contributed by atoms with Crippen LogP contribution in [-0.2, 0) is 9.84 Å². The molecule has 0 spiro atoms. The molecule has 3 nitrogen and oxygen atoms in total. The normalized spacial score (nSPS) is 15.1. The van der Waals surface area contributed by atoms with E-state index in [-0.39, 0.29) is 17.5 Å². The van der Waals surface area contributed by atoms with Gasteiger partial charge in [-0.2, -0.15) is 0 Å². The van der Waals surface area contributed by atoms with Crippen molar-refractivity contribution in [3.8, 4) is 0 Å². The van der Waals surface area contributed by atoms with Crippen molar-refractivity contribution in [2.45, 2.75) is 33.2 Å². The summed E-state index contributed by atoms with van der Waals surface area (Å²) in [4.78, 5) is 0. The van der Waals surface area contributed by atoms with Crippen molar-refractivity contribution in [2.24, 2.45) is 5.92 Å². The van der Waals surface area contributed by atoms with Crippen molar-refractivity contribution >= 4 is 9.84 Å². The van der Waals surface area contributed by atoms with Gasteiger partial charge in [0.05, 0.1) is 5.75 Å². The zero-order valence-electron chi connectivity index (χ0n) is 12.1. The molecule has 0 amide bonds. The molecule has 0 heterocycles. The van der Waals surface area contributed by atoms with Crippen LogP contribution < -0.4 is 5.32 Å². The highest BCUT2D eigenvalue weighted by molar-refractivity contribution is 7.91. The van der Waals surface area contributed by atoms with Gasteiger partial charge in [0.1, 0.15) is 9.84 Å². The molecule has 1 aromatic rings. The molecule has 0 bridgehead atoms. The lowest BCUT2D eigenvalue weighted by Crippen LogP contribution is -2.28. The van der Waals surface area contributed by atoms with Gasteiger partial charge in [0.25, 0.3) is 0 Å². The van der Waals surface area contributed by atoms with Crippen LogP contribution in [0.4, 0.5) is 0 Å². The molecule has 1 rings (SSSR count). The van der Waals surface area contributed by atoms with Crippen LogP contribution in [0.25, 0.3) is 0 Å². The van der Waals surface area contributed by atoms with Gasteiger partial charge >= 0.3 is 0 Å². The number of nitrogens with one attached hydrogen (secondary N) is 1. The average molecular weight is 283 g/mol. The zero-order valence-corrected chi connectivity index (χ0v) is 12.9. The number of hydrogen-bond acceptors (Lipinski definition) is 3. The van der Waals surface area contributed by atoms with E-state index in [0.29, 0.717) is 12.3 Å². The van der Waals surface area contributed by atoms with Crippen molar-refractivity contribution in [2.75, 3.05) is 18.1 Å². The van der Waals surface area contributed by atoms with E-state index in [0.717, 1.165) is 6.54 Å². The van der Waals surface area contributed by atoms with Gasteiger partial charge in [-0.05, 0) is 24.4 Å². The maximum atomic E-state index is 11.6. The fourth-order valence-corrected chi connectivity index (χ4v) is 3.22. The van der Waals surface area contributed by atoms with Gasteiger partial charge in [-0.25, -0.2) is 8.42 Å². The zero-order chi connectivity index (χ0) is 14.3. The Morgan fingerprint density at radius 1 is 1.16 bits per heavy atom. The lowest BCUT2D eigenvalue weighted by Gasteiger charge is -2.25. The maximum Gasteiger partial charge on any atom is 0.150 e. The first-order valence-corrected chi connectivity index (χ1v) is 8.81. The third kappa shape index (κ3) is 5.33. The monoisotopic (exact) mass is 283 g/mol. The Kier molecular flexibility index (Phi) is 6.52. The van der Waals surface area contributed by atoms with Crippen LogP contribution in [-0.4, -0.2) is 26.5 Å². The fraction of sp³-hybridized carbons (Fsp3) is 0.600. The van der Waals surface area contributed by atoms with Crippen molar-refractivity contribution in [1.82, 2.24) is 5.32 Å². The summed E-state index contributed by atoms with van der Waals surface area (Å²) in [5.41, 5.74) is 1.23. The molecule has 0 aliphatic rings. The molecule has 19 heavy (non-hydrogen) atoms. The third-order valence-electron chi connectivity index (χ3n) is 3.48. The number of hydrogen-bond donors (Lipinski definition) is 1. The van der Waals surface area contributed by atoms with E-state index in [4.69, 9.17) is 0 Å². The van der Waals surface area contributed by atoms with Crippen molar-refractivity contribution in [3.63, 3.8) is 0 Å². The first-order valence-electron chi connectivity index (χ1n) is 6.99. The molecule has 1 N–H and O–H groups in total. The summed E-state index contributed by atoms with van der Waals surface area (Å²) in [5, 5.41) is 3.46. The van der Waals surface area contributed by atoms with Gasteiger partial charge < -0.3 is 5.32 Å². The highest BCUT2D eigenvalue weighted by Gasteiger charge is 2.20. The Labute approximate surface area is 117 Å². The highest BCUT2D eigenvalue weighted by Crippen LogP contribution is 2.24. The molecule has 0 radical (unpaired) electrons. The van der Waals surface area contributed by atoms with E-state index in [1.54, 1.807) is 6.92 Å². The molecule has 4 heteroatoms. The Hall–Kier alpha value is -0.870. The van der Waals surface area contributed by atoms with Gasteiger partial charge in [-0.15, -0.1) is 0 Å². The first-order chi connectivity index (χ1) is 9.00. The summed E-state index contributed by atoms with van der Waals surface area (Å²) in [6.45, 7) is 6.78. The average Bonchev–Trinajstić information content (AvgIpc) is 2.43. The van der Waals surface area contributed by atoms with E-state index in [1.165, 1.54) is 5.56 Å². The molecule has 2 atom stereocenters. The first kappa shape index (κ1) is 16.2. The predicted molar refractivity (Wildman–Crippen MR) is 81.0 cm³/mol. The van der Waals surface area contributed by atoms with Gasteiger partial charge in [0, 0.05) is 11.8 Å². The Morgan fingerprint density at radius 3 is 2.32 bits per heavy atom. The van der Waals surface area contributed by atoms with Crippen LogP contribution in [0.2, 0.25) is 0 Å². The Bertz CT molecular complexity index is 456. The highest BCUT2D eigenvalue weighted by atomic mass is 32.2. The molecule has 0 saturated carbocycles. The van der Waals surface area contributed by atoms with E-state index >= 15 is 0 Å². The molecule has 0 saturated heterocycles. The van der Waals surface area contributed by atoms with Crippen LogP contribution in [0.15, 0.2) is 30.3 Å². The van der Waals surface area contributed by atoms with Gasteiger partial charge in [0.15, 0.2) is 0 Å². The molecule has 0 fully saturated rings. The molecule has 0 aliphatic heterocycles. The molecular formula is C15H25NO2S. The Balaban J connectivity index is 2.72. The van der Waals surface area contributed by atoms with Gasteiger partial charge in [-0.1, -0.05) is 51.1 Å². The number of sulfone groups is 1. The van der Waals surface area contributed by atoms with Crippen LogP contribution in [0.5, 0.6) is 0 Å². The van der Waals surface area contributed by atoms with Crippen molar-refractivity contribution in [1.29, 1.82) is 0 Å². The van der Waals surface area contributed by atoms with Gasteiger partial charge in [-0.3, -0.25) is 0 Å². The van der Waals surface area contributed by atoms with E-state index < -0.39 is 9.84 Å². The van der Waals surface area contributed by atoms with Crippen LogP contribution >= 0.6 is 0 Å². The molecular weight excluding hydrogens is 258 g/mol.